The van der Waals surface area contributed by atoms with Crippen molar-refractivity contribution < 1.29 is 18.8 Å². The fourth-order valence-electron chi connectivity index (χ4n) is 2.42. The van der Waals surface area contributed by atoms with Crippen molar-refractivity contribution in [2.75, 3.05) is 13.1 Å². The molecule has 0 saturated carbocycles. The molecule has 2 aromatic carbocycles. The van der Waals surface area contributed by atoms with Gasteiger partial charge in [0.2, 0.25) is 0 Å². The van der Waals surface area contributed by atoms with Crippen LogP contribution in [0.1, 0.15) is 15.9 Å². The van der Waals surface area contributed by atoms with Crippen LogP contribution in [0.4, 0.5) is 9.18 Å². The van der Waals surface area contributed by atoms with Crippen LogP contribution >= 0.6 is 27.7 Å². The van der Waals surface area contributed by atoms with Crippen LogP contribution in [-0.4, -0.2) is 35.0 Å². The van der Waals surface area contributed by atoms with Crippen molar-refractivity contribution in [1.82, 2.24) is 10.2 Å². The first-order valence-electron chi connectivity index (χ1n) is 7.99. The first-order valence-corrected chi connectivity index (χ1v) is 9.60. The SMILES string of the molecule is O=C(NCCN1C(=O)S/C(=C\c2ccc(F)cc2)C1=O)c1ccccc1Br. The van der Waals surface area contributed by atoms with Crippen LogP contribution < -0.4 is 5.32 Å². The summed E-state index contributed by atoms with van der Waals surface area (Å²) in [6.45, 7) is 0.212. The lowest BCUT2D eigenvalue weighted by Gasteiger charge is -2.13. The average molecular weight is 449 g/mol. The van der Waals surface area contributed by atoms with Gasteiger partial charge in [0.05, 0.1) is 10.5 Å². The molecule has 27 heavy (non-hydrogen) atoms. The van der Waals surface area contributed by atoms with E-state index in [2.05, 4.69) is 21.2 Å². The highest BCUT2D eigenvalue weighted by Crippen LogP contribution is 2.31. The highest BCUT2D eigenvalue weighted by Gasteiger charge is 2.34. The van der Waals surface area contributed by atoms with Gasteiger partial charge in [0.25, 0.3) is 17.1 Å². The van der Waals surface area contributed by atoms with Gasteiger partial charge in [0.15, 0.2) is 0 Å². The molecule has 0 unspecified atom stereocenters. The monoisotopic (exact) mass is 448 g/mol. The van der Waals surface area contributed by atoms with Gasteiger partial charge in [-0.2, -0.15) is 0 Å². The number of amides is 3. The number of hydrogen-bond acceptors (Lipinski definition) is 4. The number of nitrogens with one attached hydrogen (secondary N) is 1. The molecule has 1 heterocycles. The van der Waals surface area contributed by atoms with Crippen molar-refractivity contribution in [3.8, 4) is 0 Å². The maximum Gasteiger partial charge on any atom is 0.293 e. The van der Waals surface area contributed by atoms with Gasteiger partial charge in [0, 0.05) is 17.6 Å². The van der Waals surface area contributed by atoms with E-state index in [9.17, 15) is 18.8 Å². The highest BCUT2D eigenvalue weighted by atomic mass is 79.9. The minimum atomic E-state index is -0.426. The highest BCUT2D eigenvalue weighted by molar-refractivity contribution is 9.10. The van der Waals surface area contributed by atoms with E-state index in [1.165, 1.54) is 24.3 Å². The van der Waals surface area contributed by atoms with Crippen LogP contribution in [0.3, 0.4) is 0 Å². The van der Waals surface area contributed by atoms with E-state index in [1.807, 2.05) is 0 Å². The van der Waals surface area contributed by atoms with Gasteiger partial charge in [0.1, 0.15) is 5.82 Å². The summed E-state index contributed by atoms with van der Waals surface area (Å²) in [5.74, 6) is -1.10. The normalized spacial score (nSPS) is 15.5. The number of carbonyl (C=O) groups excluding carboxylic acids is 3. The second kappa shape index (κ2) is 8.49. The largest absolute Gasteiger partial charge is 0.350 e. The molecule has 1 saturated heterocycles. The van der Waals surface area contributed by atoms with Crippen molar-refractivity contribution >= 4 is 50.8 Å². The molecule has 0 aliphatic carbocycles. The number of thioether (sulfide) groups is 1. The van der Waals surface area contributed by atoms with Crippen LogP contribution in [0.15, 0.2) is 57.9 Å². The van der Waals surface area contributed by atoms with Crippen molar-refractivity contribution in [2.45, 2.75) is 0 Å². The maximum absolute atomic E-state index is 13.0. The smallest absolute Gasteiger partial charge is 0.293 e. The topological polar surface area (TPSA) is 66.5 Å². The Morgan fingerprint density at radius 3 is 2.56 bits per heavy atom. The molecule has 3 amide bonds. The summed E-state index contributed by atoms with van der Waals surface area (Å²) in [7, 11) is 0. The number of hydrogen-bond donors (Lipinski definition) is 1. The molecule has 3 rings (SSSR count). The zero-order valence-electron chi connectivity index (χ0n) is 13.9. The molecule has 0 atom stereocenters. The van der Waals surface area contributed by atoms with Crippen LogP contribution in [0.5, 0.6) is 0 Å². The van der Waals surface area contributed by atoms with Crippen molar-refractivity contribution in [2.24, 2.45) is 0 Å². The van der Waals surface area contributed by atoms with Crippen molar-refractivity contribution in [3.63, 3.8) is 0 Å². The Morgan fingerprint density at radius 1 is 1.15 bits per heavy atom. The Labute approximate surface area is 167 Å². The Morgan fingerprint density at radius 2 is 1.85 bits per heavy atom. The summed E-state index contributed by atoms with van der Waals surface area (Å²) in [6, 6.07) is 12.6. The van der Waals surface area contributed by atoms with Gasteiger partial charge < -0.3 is 5.32 Å². The summed E-state index contributed by atoms with van der Waals surface area (Å²) in [5, 5.41) is 2.29. The molecule has 1 aliphatic rings. The van der Waals surface area contributed by atoms with E-state index in [0.29, 0.717) is 15.6 Å². The summed E-state index contributed by atoms with van der Waals surface area (Å²) < 4.78 is 13.6. The molecule has 0 aromatic heterocycles. The summed E-state index contributed by atoms with van der Waals surface area (Å²) >= 11 is 4.13. The first-order chi connectivity index (χ1) is 13.0. The molecule has 1 N–H and O–H groups in total. The fourth-order valence-corrected chi connectivity index (χ4v) is 3.75. The standard InChI is InChI=1S/C19H14BrFN2O3S/c20-15-4-2-1-3-14(15)17(24)22-9-10-23-18(25)16(27-19(23)26)11-12-5-7-13(21)8-6-12/h1-8,11H,9-10H2,(H,22,24)/b16-11-. The summed E-state index contributed by atoms with van der Waals surface area (Å²) in [4.78, 5) is 38.0. The Hall–Kier alpha value is -2.45. The number of carbonyl (C=O) groups is 3. The first kappa shape index (κ1) is 19.3. The van der Waals surface area contributed by atoms with E-state index in [4.69, 9.17) is 0 Å². The van der Waals surface area contributed by atoms with E-state index >= 15 is 0 Å². The average Bonchev–Trinajstić information content (AvgIpc) is 2.91. The Bertz CT molecular complexity index is 931. The number of imide groups is 1. The minimum absolute atomic E-state index is 0.0710. The summed E-state index contributed by atoms with van der Waals surface area (Å²) in [5.41, 5.74) is 1.10. The summed E-state index contributed by atoms with van der Waals surface area (Å²) in [6.07, 6.45) is 1.55. The molecular formula is C19H14BrFN2O3S. The molecule has 2 aromatic rings. The second-order valence-corrected chi connectivity index (χ2v) is 7.47. The van der Waals surface area contributed by atoms with Gasteiger partial charge in [-0.25, -0.2) is 4.39 Å². The number of nitrogens with zero attached hydrogens (tertiary/aromatic N) is 1. The molecule has 1 aliphatic heterocycles. The Kier molecular flexibility index (Phi) is 6.08. The minimum Gasteiger partial charge on any atom is -0.350 e. The van der Waals surface area contributed by atoms with E-state index in [1.54, 1.807) is 30.3 Å². The van der Waals surface area contributed by atoms with Gasteiger partial charge in [-0.1, -0.05) is 24.3 Å². The fraction of sp³-hybridized carbons (Fsp3) is 0.105. The van der Waals surface area contributed by atoms with Crippen molar-refractivity contribution in [3.05, 3.63) is 74.9 Å². The number of benzene rings is 2. The lowest BCUT2D eigenvalue weighted by atomic mass is 10.2. The maximum atomic E-state index is 13.0. The third-order valence-corrected chi connectivity index (χ3v) is 5.38. The molecule has 0 radical (unpaired) electrons. The van der Waals surface area contributed by atoms with Crippen LogP contribution in [-0.2, 0) is 4.79 Å². The Balaban J connectivity index is 1.60. The predicted molar refractivity (Wildman–Crippen MR) is 106 cm³/mol. The number of halogens is 2. The quantitative estimate of drug-likeness (QED) is 0.700. The van der Waals surface area contributed by atoms with Gasteiger partial charge in [-0.15, -0.1) is 0 Å². The molecule has 138 valence electrons. The lowest BCUT2D eigenvalue weighted by molar-refractivity contribution is -0.122. The van der Waals surface area contributed by atoms with E-state index < -0.39 is 11.1 Å². The zero-order valence-corrected chi connectivity index (χ0v) is 16.3. The van der Waals surface area contributed by atoms with Crippen LogP contribution in [0.25, 0.3) is 6.08 Å². The lowest BCUT2D eigenvalue weighted by Crippen LogP contribution is -2.37. The molecular weight excluding hydrogens is 435 g/mol. The van der Waals surface area contributed by atoms with Gasteiger partial charge in [-0.05, 0) is 63.6 Å². The third kappa shape index (κ3) is 4.64. The van der Waals surface area contributed by atoms with Gasteiger partial charge >= 0.3 is 0 Å². The van der Waals surface area contributed by atoms with Crippen molar-refractivity contribution in [1.29, 1.82) is 0 Å². The van der Waals surface area contributed by atoms with Crippen LogP contribution in [0.2, 0.25) is 0 Å². The molecule has 1 fully saturated rings. The van der Waals surface area contributed by atoms with E-state index in [0.717, 1.165) is 16.7 Å². The zero-order chi connectivity index (χ0) is 19.4. The molecule has 8 heteroatoms. The third-order valence-electron chi connectivity index (χ3n) is 3.78. The second-order valence-electron chi connectivity index (χ2n) is 5.62. The molecule has 0 bridgehead atoms. The van der Waals surface area contributed by atoms with E-state index in [-0.39, 0.29) is 29.7 Å². The molecule has 0 spiro atoms. The van der Waals surface area contributed by atoms with Gasteiger partial charge in [-0.3, -0.25) is 19.3 Å². The number of rotatable bonds is 5. The van der Waals surface area contributed by atoms with Crippen LogP contribution in [0, 0.1) is 5.82 Å². The molecule has 5 nitrogen and oxygen atoms in total. The predicted octanol–water partition coefficient (Wildman–Crippen LogP) is 4.05.